The van der Waals surface area contributed by atoms with Crippen molar-refractivity contribution in [2.24, 2.45) is 0 Å². The number of fused-ring (bicyclic) bond motifs is 3. The lowest BCUT2D eigenvalue weighted by Crippen LogP contribution is -2.28. The minimum Gasteiger partial charge on any atom is -0.447 e. The zero-order chi connectivity index (χ0) is 16.1. The third kappa shape index (κ3) is 2.12. The first kappa shape index (κ1) is 14.0. The molecule has 7 heteroatoms. The molecule has 6 nitrogen and oxygen atoms in total. The number of rotatable bonds is 1. The van der Waals surface area contributed by atoms with Crippen molar-refractivity contribution in [3.05, 3.63) is 67.4 Å². The lowest BCUT2D eigenvalue weighted by molar-refractivity contribution is 0.657. The molecule has 4 rings (SSSR count). The molecule has 1 aromatic carbocycles. The van der Waals surface area contributed by atoms with E-state index in [4.69, 9.17) is 4.42 Å². The Morgan fingerprint density at radius 1 is 1.22 bits per heavy atom. The molecule has 0 spiro atoms. The number of furan rings is 1. The zero-order valence-electron chi connectivity index (χ0n) is 12.0. The van der Waals surface area contributed by atoms with Gasteiger partial charge >= 0.3 is 5.69 Å². The van der Waals surface area contributed by atoms with E-state index in [0.717, 1.165) is 5.56 Å². The van der Waals surface area contributed by atoms with Crippen LogP contribution in [0.1, 0.15) is 5.56 Å². The van der Waals surface area contributed by atoms with Crippen molar-refractivity contribution in [3.8, 4) is 5.69 Å². The van der Waals surface area contributed by atoms with Crippen LogP contribution in [-0.2, 0) is 0 Å². The smallest absolute Gasteiger partial charge is 0.333 e. The van der Waals surface area contributed by atoms with Crippen LogP contribution in [0.3, 0.4) is 0 Å². The van der Waals surface area contributed by atoms with E-state index in [1.807, 2.05) is 25.1 Å². The summed E-state index contributed by atoms with van der Waals surface area (Å²) in [6.07, 6.45) is 0. The summed E-state index contributed by atoms with van der Waals surface area (Å²) >= 11 is 3.31. The number of nitrogens with zero attached hydrogens (tertiary/aromatic N) is 2. The van der Waals surface area contributed by atoms with Crippen molar-refractivity contribution in [2.45, 2.75) is 6.92 Å². The summed E-state index contributed by atoms with van der Waals surface area (Å²) in [6, 6.07) is 10.9. The molecule has 0 aliphatic rings. The molecule has 3 aromatic heterocycles. The van der Waals surface area contributed by atoms with Crippen LogP contribution in [0.4, 0.5) is 0 Å². The first-order chi connectivity index (χ1) is 11.0. The second kappa shape index (κ2) is 4.92. The summed E-state index contributed by atoms with van der Waals surface area (Å²) in [7, 11) is 0. The number of nitrogens with one attached hydrogen (secondary N) is 1. The SMILES string of the molecule is Cc1cccc(-n2c(=O)[nH]c(=O)c3oc4ccc(Br)nc4c32)c1. The highest BCUT2D eigenvalue weighted by atomic mass is 79.9. The standard InChI is InChI=1S/C16H10BrN3O3/c1-8-3-2-4-9(7-8)20-13-12-10(5-6-11(17)18-12)23-14(13)15(21)19-16(20)22/h2-7H,1H3,(H,19,21,22). The number of hydrogen-bond acceptors (Lipinski definition) is 4. The van der Waals surface area contributed by atoms with Crippen LogP contribution >= 0.6 is 15.9 Å². The second-order valence-corrected chi connectivity index (χ2v) is 6.01. The molecule has 0 atom stereocenters. The molecule has 0 bridgehead atoms. The molecule has 0 radical (unpaired) electrons. The van der Waals surface area contributed by atoms with Gasteiger partial charge in [-0.05, 0) is 52.7 Å². The van der Waals surface area contributed by atoms with Crippen LogP contribution in [0, 0.1) is 6.92 Å². The normalized spacial score (nSPS) is 11.4. The molecule has 0 saturated heterocycles. The molecular weight excluding hydrogens is 362 g/mol. The molecule has 0 amide bonds. The van der Waals surface area contributed by atoms with E-state index in [0.29, 0.717) is 26.9 Å². The molecule has 0 aliphatic heterocycles. The van der Waals surface area contributed by atoms with Gasteiger partial charge in [0.1, 0.15) is 15.6 Å². The van der Waals surface area contributed by atoms with Gasteiger partial charge in [-0.15, -0.1) is 0 Å². The van der Waals surface area contributed by atoms with Crippen LogP contribution in [0.15, 0.2) is 55.0 Å². The van der Waals surface area contributed by atoms with E-state index >= 15 is 0 Å². The first-order valence-corrected chi connectivity index (χ1v) is 7.65. The van der Waals surface area contributed by atoms with E-state index in [1.165, 1.54) is 4.57 Å². The second-order valence-electron chi connectivity index (χ2n) is 5.19. The molecule has 23 heavy (non-hydrogen) atoms. The lowest BCUT2D eigenvalue weighted by Gasteiger charge is -2.07. The lowest BCUT2D eigenvalue weighted by atomic mass is 10.2. The monoisotopic (exact) mass is 371 g/mol. The predicted octanol–water partition coefficient (Wildman–Crippen LogP) is 2.89. The predicted molar refractivity (Wildman–Crippen MR) is 90.2 cm³/mol. The van der Waals surface area contributed by atoms with E-state index < -0.39 is 11.2 Å². The zero-order valence-corrected chi connectivity index (χ0v) is 13.5. The highest BCUT2D eigenvalue weighted by Gasteiger charge is 2.18. The maximum Gasteiger partial charge on any atom is 0.333 e. The maximum atomic E-state index is 12.4. The Balaban J connectivity index is 2.27. The molecule has 4 aromatic rings. The first-order valence-electron chi connectivity index (χ1n) is 6.86. The number of benzene rings is 1. The van der Waals surface area contributed by atoms with Crippen molar-refractivity contribution in [1.29, 1.82) is 0 Å². The number of H-pyrrole nitrogens is 1. The van der Waals surface area contributed by atoms with Gasteiger partial charge in [-0.25, -0.2) is 9.78 Å². The summed E-state index contributed by atoms with van der Waals surface area (Å²) < 4.78 is 7.60. The largest absolute Gasteiger partial charge is 0.447 e. The highest BCUT2D eigenvalue weighted by Crippen LogP contribution is 2.27. The molecule has 3 heterocycles. The van der Waals surface area contributed by atoms with E-state index in [9.17, 15) is 9.59 Å². The van der Waals surface area contributed by atoms with Crippen LogP contribution in [0.2, 0.25) is 0 Å². The van der Waals surface area contributed by atoms with Gasteiger partial charge in [0, 0.05) is 0 Å². The van der Waals surface area contributed by atoms with Gasteiger partial charge in [-0.3, -0.25) is 14.3 Å². The third-order valence-corrected chi connectivity index (χ3v) is 4.03. The van der Waals surface area contributed by atoms with Gasteiger partial charge < -0.3 is 4.42 Å². The van der Waals surface area contributed by atoms with Crippen LogP contribution < -0.4 is 11.2 Å². The minimum atomic E-state index is -0.567. The number of aromatic nitrogens is 3. The summed E-state index contributed by atoms with van der Waals surface area (Å²) in [5.41, 5.74) is 1.88. The molecule has 114 valence electrons. The van der Waals surface area contributed by atoms with E-state index in [-0.39, 0.29) is 5.58 Å². The molecule has 0 unspecified atom stereocenters. The van der Waals surface area contributed by atoms with Gasteiger partial charge in [0.2, 0.25) is 5.58 Å². The Bertz CT molecular complexity index is 1190. The Hall–Kier alpha value is -2.67. The van der Waals surface area contributed by atoms with Crippen molar-refractivity contribution in [3.63, 3.8) is 0 Å². The van der Waals surface area contributed by atoms with Gasteiger partial charge in [0.05, 0.1) is 5.69 Å². The molecule has 0 aliphatic carbocycles. The van der Waals surface area contributed by atoms with Gasteiger partial charge in [0.25, 0.3) is 5.56 Å². The number of aromatic amines is 1. The molecule has 1 N–H and O–H groups in total. The summed E-state index contributed by atoms with van der Waals surface area (Å²) in [5, 5.41) is 0. The Labute approximate surface area is 137 Å². The maximum absolute atomic E-state index is 12.4. The average Bonchev–Trinajstić information content (AvgIpc) is 2.87. The Morgan fingerprint density at radius 2 is 2.04 bits per heavy atom. The third-order valence-electron chi connectivity index (χ3n) is 3.59. The van der Waals surface area contributed by atoms with Crippen molar-refractivity contribution >= 4 is 38.1 Å². The average molecular weight is 372 g/mol. The summed E-state index contributed by atoms with van der Waals surface area (Å²) in [5.74, 6) is 0. The quantitative estimate of drug-likeness (QED) is 0.521. The highest BCUT2D eigenvalue weighted by molar-refractivity contribution is 9.10. The fourth-order valence-corrected chi connectivity index (χ4v) is 2.94. The van der Waals surface area contributed by atoms with E-state index in [2.05, 4.69) is 25.9 Å². The van der Waals surface area contributed by atoms with Gasteiger partial charge in [-0.2, -0.15) is 0 Å². The fourth-order valence-electron chi connectivity index (χ4n) is 2.63. The Kier molecular flexibility index (Phi) is 2.99. The number of aryl methyl sites for hydroxylation is 1. The number of pyridine rings is 1. The fraction of sp³-hybridized carbons (Fsp3) is 0.0625. The minimum absolute atomic E-state index is 0.0757. The summed E-state index contributed by atoms with van der Waals surface area (Å²) in [4.78, 5) is 31.2. The van der Waals surface area contributed by atoms with Crippen molar-refractivity contribution in [1.82, 2.24) is 14.5 Å². The van der Waals surface area contributed by atoms with Crippen molar-refractivity contribution in [2.75, 3.05) is 0 Å². The van der Waals surface area contributed by atoms with Gasteiger partial charge in [-0.1, -0.05) is 12.1 Å². The summed E-state index contributed by atoms with van der Waals surface area (Å²) in [6.45, 7) is 1.93. The number of halogens is 1. The molecule has 0 fully saturated rings. The molecular formula is C16H10BrN3O3. The number of hydrogen-bond donors (Lipinski definition) is 1. The van der Waals surface area contributed by atoms with Crippen LogP contribution in [0.5, 0.6) is 0 Å². The van der Waals surface area contributed by atoms with Crippen LogP contribution in [0.25, 0.3) is 27.9 Å². The van der Waals surface area contributed by atoms with Crippen LogP contribution in [-0.4, -0.2) is 14.5 Å². The molecule has 0 saturated carbocycles. The Morgan fingerprint density at radius 3 is 2.83 bits per heavy atom. The van der Waals surface area contributed by atoms with E-state index in [1.54, 1.807) is 18.2 Å². The van der Waals surface area contributed by atoms with Crippen molar-refractivity contribution < 1.29 is 4.42 Å². The van der Waals surface area contributed by atoms with Gasteiger partial charge in [0.15, 0.2) is 5.58 Å². The topological polar surface area (TPSA) is 80.9 Å².